The first kappa shape index (κ1) is 26.0. The third-order valence-corrected chi connectivity index (χ3v) is 8.12. The highest BCUT2D eigenvalue weighted by Gasteiger charge is 2.45. The minimum atomic E-state index is -0.714. The molecular weight excluding hydrogens is 500 g/mol. The second-order valence-electron chi connectivity index (χ2n) is 9.66. The molecule has 0 fully saturated rings. The standard InChI is InChI=1S/C30H32N2O5S/c1-7-9-12-36-22-11-10-20(15-24(22)35-8-2)26-25-27(33)21-13-16(3)17(4)14-23(21)37-28(25)29(34)32(26)30-31-18(5)19(6)38-30/h10-11,13-15,26H,7-9,12H2,1-6H3. The summed E-state index contributed by atoms with van der Waals surface area (Å²) in [5.74, 6) is 0.891. The number of unbranched alkanes of at least 4 members (excludes halogenated alkanes) is 1. The molecule has 0 saturated heterocycles. The molecule has 3 heterocycles. The molecule has 2 aromatic carbocycles. The van der Waals surface area contributed by atoms with Crippen molar-refractivity contribution in [3.05, 3.63) is 79.1 Å². The van der Waals surface area contributed by atoms with Crippen molar-refractivity contribution in [2.75, 3.05) is 18.1 Å². The van der Waals surface area contributed by atoms with Gasteiger partial charge >= 0.3 is 0 Å². The smallest absolute Gasteiger partial charge is 0.297 e. The van der Waals surface area contributed by atoms with Crippen molar-refractivity contribution in [2.24, 2.45) is 0 Å². The van der Waals surface area contributed by atoms with Gasteiger partial charge in [0.25, 0.3) is 5.91 Å². The third-order valence-electron chi connectivity index (χ3n) is 7.05. The lowest BCUT2D eigenvalue weighted by Crippen LogP contribution is -2.29. The van der Waals surface area contributed by atoms with Crippen LogP contribution in [0.2, 0.25) is 0 Å². The van der Waals surface area contributed by atoms with Gasteiger partial charge in [-0.15, -0.1) is 11.3 Å². The van der Waals surface area contributed by atoms with Gasteiger partial charge in [-0.3, -0.25) is 14.5 Å². The Hall–Kier alpha value is -3.65. The van der Waals surface area contributed by atoms with Gasteiger partial charge in [0.1, 0.15) is 5.58 Å². The van der Waals surface area contributed by atoms with Crippen LogP contribution in [-0.4, -0.2) is 24.1 Å². The summed E-state index contributed by atoms with van der Waals surface area (Å²) in [5.41, 5.74) is 4.07. The zero-order chi connectivity index (χ0) is 27.1. The van der Waals surface area contributed by atoms with Gasteiger partial charge in [0, 0.05) is 4.88 Å². The van der Waals surface area contributed by atoms with Crippen LogP contribution in [0.4, 0.5) is 5.13 Å². The largest absolute Gasteiger partial charge is 0.490 e. The molecule has 0 spiro atoms. The number of anilines is 1. The Balaban J connectivity index is 1.73. The summed E-state index contributed by atoms with van der Waals surface area (Å²) >= 11 is 1.42. The molecule has 0 aliphatic carbocycles. The molecule has 0 saturated carbocycles. The average molecular weight is 533 g/mol. The van der Waals surface area contributed by atoms with E-state index in [-0.39, 0.29) is 17.1 Å². The fourth-order valence-electron chi connectivity index (χ4n) is 4.71. The van der Waals surface area contributed by atoms with Crippen molar-refractivity contribution in [2.45, 2.75) is 60.4 Å². The topological polar surface area (TPSA) is 81.9 Å². The van der Waals surface area contributed by atoms with Gasteiger partial charge < -0.3 is 13.9 Å². The summed E-state index contributed by atoms with van der Waals surface area (Å²) in [7, 11) is 0. The molecule has 1 aliphatic heterocycles. The maximum atomic E-state index is 14.0. The molecule has 0 bridgehead atoms. The van der Waals surface area contributed by atoms with Crippen molar-refractivity contribution < 1.29 is 18.7 Å². The number of fused-ring (bicyclic) bond motifs is 2. The SMILES string of the molecule is CCCCOc1ccc(C2c3c(oc4cc(C)c(C)cc4c3=O)C(=O)N2c2nc(C)c(C)s2)cc1OCC. The highest BCUT2D eigenvalue weighted by Crippen LogP contribution is 2.44. The molecule has 7 nitrogen and oxygen atoms in total. The lowest BCUT2D eigenvalue weighted by molar-refractivity contribution is 0.0971. The number of amides is 1. The molecule has 4 aromatic rings. The van der Waals surface area contributed by atoms with Gasteiger partial charge in [0.05, 0.1) is 35.9 Å². The molecule has 8 heteroatoms. The first-order chi connectivity index (χ1) is 18.2. The van der Waals surface area contributed by atoms with Crippen LogP contribution >= 0.6 is 11.3 Å². The Morgan fingerprint density at radius 3 is 2.45 bits per heavy atom. The zero-order valence-corrected chi connectivity index (χ0v) is 23.5. The minimum Gasteiger partial charge on any atom is -0.490 e. The summed E-state index contributed by atoms with van der Waals surface area (Å²) < 4.78 is 18.1. The first-order valence-corrected chi connectivity index (χ1v) is 13.8. The monoisotopic (exact) mass is 532 g/mol. The van der Waals surface area contributed by atoms with E-state index in [0.717, 1.165) is 40.1 Å². The molecule has 0 N–H and O–H groups in total. The summed E-state index contributed by atoms with van der Waals surface area (Å²) in [6, 6.07) is 8.56. The number of hydrogen-bond acceptors (Lipinski definition) is 7. The Labute approximate surface area is 226 Å². The van der Waals surface area contributed by atoms with E-state index in [1.54, 1.807) is 4.90 Å². The molecule has 1 amide bonds. The van der Waals surface area contributed by atoms with E-state index in [9.17, 15) is 9.59 Å². The van der Waals surface area contributed by atoms with E-state index in [0.29, 0.717) is 46.4 Å². The Kier molecular flexibility index (Phi) is 7.01. The van der Waals surface area contributed by atoms with Gasteiger partial charge in [-0.05, 0) is 82.0 Å². The summed E-state index contributed by atoms with van der Waals surface area (Å²) in [6.45, 7) is 12.9. The Morgan fingerprint density at radius 1 is 1.00 bits per heavy atom. The van der Waals surface area contributed by atoms with Crippen LogP contribution in [0.5, 0.6) is 11.5 Å². The van der Waals surface area contributed by atoms with Gasteiger partial charge in [-0.25, -0.2) is 4.98 Å². The predicted molar refractivity (Wildman–Crippen MR) is 150 cm³/mol. The van der Waals surface area contributed by atoms with E-state index in [4.69, 9.17) is 13.9 Å². The fourth-order valence-corrected chi connectivity index (χ4v) is 5.64. The van der Waals surface area contributed by atoms with E-state index in [2.05, 4.69) is 11.9 Å². The lowest BCUT2D eigenvalue weighted by Gasteiger charge is -2.23. The molecule has 1 aliphatic rings. The number of nitrogens with zero attached hydrogens (tertiary/aromatic N) is 2. The minimum absolute atomic E-state index is 0.0579. The van der Waals surface area contributed by atoms with Crippen LogP contribution in [0, 0.1) is 27.7 Å². The highest BCUT2D eigenvalue weighted by atomic mass is 32.1. The zero-order valence-electron chi connectivity index (χ0n) is 22.6. The van der Waals surface area contributed by atoms with E-state index in [1.807, 2.05) is 65.0 Å². The average Bonchev–Trinajstić information content (AvgIpc) is 3.37. The maximum absolute atomic E-state index is 14.0. The Morgan fingerprint density at radius 2 is 1.76 bits per heavy atom. The second kappa shape index (κ2) is 10.3. The van der Waals surface area contributed by atoms with Gasteiger partial charge in [-0.2, -0.15) is 0 Å². The van der Waals surface area contributed by atoms with Crippen molar-refractivity contribution in [1.82, 2.24) is 4.98 Å². The van der Waals surface area contributed by atoms with E-state index < -0.39 is 6.04 Å². The van der Waals surface area contributed by atoms with Crippen molar-refractivity contribution in [1.29, 1.82) is 0 Å². The molecule has 5 rings (SSSR count). The summed E-state index contributed by atoms with van der Waals surface area (Å²) in [4.78, 5) is 35.2. The molecule has 38 heavy (non-hydrogen) atoms. The number of hydrogen-bond donors (Lipinski definition) is 0. The van der Waals surface area contributed by atoms with Crippen LogP contribution in [-0.2, 0) is 0 Å². The first-order valence-electron chi connectivity index (χ1n) is 13.0. The number of carbonyl (C=O) groups is 1. The van der Waals surface area contributed by atoms with Crippen LogP contribution < -0.4 is 19.8 Å². The third kappa shape index (κ3) is 4.36. The van der Waals surface area contributed by atoms with E-state index in [1.165, 1.54) is 11.3 Å². The number of benzene rings is 2. The quantitative estimate of drug-likeness (QED) is 0.232. The lowest BCUT2D eigenvalue weighted by atomic mass is 9.97. The fraction of sp³-hybridized carbons (Fsp3) is 0.367. The van der Waals surface area contributed by atoms with Crippen molar-refractivity contribution in [3.63, 3.8) is 0 Å². The van der Waals surface area contributed by atoms with Crippen LogP contribution in [0.3, 0.4) is 0 Å². The number of rotatable bonds is 8. The molecule has 198 valence electrons. The van der Waals surface area contributed by atoms with Crippen molar-refractivity contribution in [3.8, 4) is 11.5 Å². The van der Waals surface area contributed by atoms with Gasteiger partial charge in [0.2, 0.25) is 5.76 Å². The molecular formula is C30H32N2O5S. The van der Waals surface area contributed by atoms with Crippen molar-refractivity contribution >= 4 is 33.3 Å². The molecule has 1 atom stereocenters. The predicted octanol–water partition coefficient (Wildman–Crippen LogP) is 6.81. The number of aryl methyl sites for hydroxylation is 4. The maximum Gasteiger partial charge on any atom is 0.297 e. The summed E-state index contributed by atoms with van der Waals surface area (Å²) in [6.07, 6.45) is 1.95. The van der Waals surface area contributed by atoms with Gasteiger partial charge in [-0.1, -0.05) is 19.4 Å². The number of carbonyl (C=O) groups excluding carboxylic acids is 1. The molecule has 0 radical (unpaired) electrons. The summed E-state index contributed by atoms with van der Waals surface area (Å²) in [5, 5.41) is 0.987. The van der Waals surface area contributed by atoms with Crippen LogP contribution in [0.25, 0.3) is 11.0 Å². The molecule has 1 unspecified atom stereocenters. The highest BCUT2D eigenvalue weighted by molar-refractivity contribution is 7.15. The number of ether oxygens (including phenoxy) is 2. The van der Waals surface area contributed by atoms with E-state index >= 15 is 0 Å². The van der Waals surface area contributed by atoms with Crippen LogP contribution in [0.15, 0.2) is 39.5 Å². The normalized spacial score (nSPS) is 14.8. The second-order valence-corrected chi connectivity index (χ2v) is 10.8. The Bertz CT molecular complexity index is 1580. The molecule has 2 aromatic heterocycles. The van der Waals surface area contributed by atoms with Gasteiger partial charge in [0.15, 0.2) is 22.1 Å². The number of thiazole rings is 1. The van der Waals surface area contributed by atoms with Crippen LogP contribution in [0.1, 0.15) is 76.1 Å². The number of aromatic nitrogens is 1.